The highest BCUT2D eigenvalue weighted by molar-refractivity contribution is 6.33. The molecule has 0 bridgehead atoms. The van der Waals surface area contributed by atoms with Crippen molar-refractivity contribution in [3.63, 3.8) is 0 Å². The van der Waals surface area contributed by atoms with Crippen LogP contribution in [0.3, 0.4) is 0 Å². The van der Waals surface area contributed by atoms with Crippen molar-refractivity contribution in [3.05, 3.63) is 22.8 Å². The Balaban J connectivity index is 2.06. The van der Waals surface area contributed by atoms with Gasteiger partial charge in [0.25, 0.3) is 5.91 Å². The van der Waals surface area contributed by atoms with Crippen LogP contribution in [0.5, 0.6) is 0 Å². The molecule has 4 nitrogen and oxygen atoms in total. The van der Waals surface area contributed by atoms with Gasteiger partial charge in [-0.1, -0.05) is 24.9 Å². The molecule has 1 fully saturated rings. The minimum atomic E-state index is 0.0376. The minimum Gasteiger partial charge on any atom is -0.372 e. The lowest BCUT2D eigenvalue weighted by atomic mass is 10.0. The molecule has 1 N–H and O–H groups in total. The zero-order chi connectivity index (χ0) is 13.8. The Labute approximate surface area is 119 Å². The van der Waals surface area contributed by atoms with Gasteiger partial charge >= 0.3 is 0 Å². The molecule has 0 saturated carbocycles. The van der Waals surface area contributed by atoms with Crippen molar-refractivity contribution in [1.29, 1.82) is 0 Å². The number of amides is 1. The van der Waals surface area contributed by atoms with Gasteiger partial charge in [-0.25, -0.2) is 4.98 Å². The molecule has 1 atom stereocenters. The Hall–Kier alpha value is -1.29. The van der Waals surface area contributed by atoms with E-state index >= 15 is 0 Å². The molecule has 1 amide bonds. The normalized spacial score (nSPS) is 18.7. The van der Waals surface area contributed by atoms with Gasteiger partial charge in [-0.3, -0.25) is 4.79 Å². The SMILES string of the molecule is CCCC1CCN(C(=O)c2cnc(NC)c(Cl)c2)C1. The van der Waals surface area contributed by atoms with Crippen LogP contribution in [0.15, 0.2) is 12.3 Å². The van der Waals surface area contributed by atoms with Crippen molar-refractivity contribution in [2.45, 2.75) is 26.2 Å². The number of pyridine rings is 1. The third kappa shape index (κ3) is 3.18. The van der Waals surface area contributed by atoms with E-state index in [-0.39, 0.29) is 5.91 Å². The summed E-state index contributed by atoms with van der Waals surface area (Å²) in [6, 6.07) is 1.69. The van der Waals surface area contributed by atoms with Crippen LogP contribution < -0.4 is 5.32 Å². The summed E-state index contributed by atoms with van der Waals surface area (Å²) in [5.74, 6) is 1.29. The van der Waals surface area contributed by atoms with Gasteiger partial charge in [0.05, 0.1) is 10.6 Å². The first-order valence-electron chi connectivity index (χ1n) is 6.78. The van der Waals surface area contributed by atoms with E-state index in [1.54, 1.807) is 19.3 Å². The van der Waals surface area contributed by atoms with Crippen molar-refractivity contribution >= 4 is 23.3 Å². The molecule has 104 valence electrons. The van der Waals surface area contributed by atoms with Crippen molar-refractivity contribution < 1.29 is 4.79 Å². The van der Waals surface area contributed by atoms with Gasteiger partial charge in [-0.2, -0.15) is 0 Å². The van der Waals surface area contributed by atoms with Crippen LogP contribution in [0.25, 0.3) is 0 Å². The monoisotopic (exact) mass is 281 g/mol. The first-order valence-corrected chi connectivity index (χ1v) is 7.16. The van der Waals surface area contributed by atoms with E-state index in [1.807, 2.05) is 4.90 Å². The molecule has 1 aromatic rings. The van der Waals surface area contributed by atoms with E-state index in [1.165, 1.54) is 12.8 Å². The fourth-order valence-corrected chi connectivity index (χ4v) is 2.84. The Morgan fingerprint density at radius 3 is 3.05 bits per heavy atom. The van der Waals surface area contributed by atoms with Gasteiger partial charge < -0.3 is 10.2 Å². The van der Waals surface area contributed by atoms with Gasteiger partial charge in [0.1, 0.15) is 5.82 Å². The zero-order valence-electron chi connectivity index (χ0n) is 11.4. The van der Waals surface area contributed by atoms with Crippen LogP contribution in [-0.2, 0) is 0 Å². The quantitative estimate of drug-likeness (QED) is 0.923. The highest BCUT2D eigenvalue weighted by Crippen LogP contribution is 2.24. The van der Waals surface area contributed by atoms with Gasteiger partial charge in [0.2, 0.25) is 0 Å². The summed E-state index contributed by atoms with van der Waals surface area (Å²) in [7, 11) is 1.76. The zero-order valence-corrected chi connectivity index (χ0v) is 12.2. The molecule has 5 heteroatoms. The number of likely N-dealkylation sites (tertiary alicyclic amines) is 1. The molecule has 0 aromatic carbocycles. The van der Waals surface area contributed by atoms with Crippen LogP contribution in [0.4, 0.5) is 5.82 Å². The molecule has 1 unspecified atom stereocenters. The van der Waals surface area contributed by atoms with Crippen LogP contribution in [0.2, 0.25) is 5.02 Å². The summed E-state index contributed by atoms with van der Waals surface area (Å²) in [6.45, 7) is 3.89. The Morgan fingerprint density at radius 2 is 2.42 bits per heavy atom. The molecular formula is C14H20ClN3O. The third-order valence-corrected chi connectivity index (χ3v) is 3.88. The average Bonchev–Trinajstić information content (AvgIpc) is 2.87. The molecule has 1 aliphatic heterocycles. The predicted molar refractivity (Wildman–Crippen MR) is 77.7 cm³/mol. The van der Waals surface area contributed by atoms with Gasteiger partial charge in [-0.15, -0.1) is 0 Å². The number of carbonyl (C=O) groups excluding carboxylic acids is 1. The number of carbonyl (C=O) groups is 1. The lowest BCUT2D eigenvalue weighted by molar-refractivity contribution is 0.0786. The summed E-state index contributed by atoms with van der Waals surface area (Å²) in [4.78, 5) is 18.4. The highest BCUT2D eigenvalue weighted by atomic mass is 35.5. The number of hydrogen-bond acceptors (Lipinski definition) is 3. The first-order chi connectivity index (χ1) is 9.15. The fourth-order valence-electron chi connectivity index (χ4n) is 2.58. The number of halogens is 1. The summed E-state index contributed by atoms with van der Waals surface area (Å²) in [5, 5.41) is 3.37. The van der Waals surface area contributed by atoms with Gasteiger partial charge in [-0.05, 0) is 24.8 Å². The van der Waals surface area contributed by atoms with Crippen molar-refractivity contribution in [2.75, 3.05) is 25.5 Å². The molecule has 0 radical (unpaired) electrons. The summed E-state index contributed by atoms with van der Waals surface area (Å²) < 4.78 is 0. The number of hydrogen-bond donors (Lipinski definition) is 1. The van der Waals surface area contributed by atoms with E-state index in [4.69, 9.17) is 11.6 Å². The van der Waals surface area contributed by atoms with E-state index in [9.17, 15) is 4.79 Å². The van der Waals surface area contributed by atoms with Crippen LogP contribution >= 0.6 is 11.6 Å². The Bertz CT molecular complexity index is 464. The van der Waals surface area contributed by atoms with E-state index < -0.39 is 0 Å². The number of aromatic nitrogens is 1. The lowest BCUT2D eigenvalue weighted by Crippen LogP contribution is -2.28. The molecule has 1 aliphatic rings. The molecule has 1 aromatic heterocycles. The molecule has 2 heterocycles. The van der Waals surface area contributed by atoms with Crippen molar-refractivity contribution in [3.8, 4) is 0 Å². The topological polar surface area (TPSA) is 45.2 Å². The third-order valence-electron chi connectivity index (χ3n) is 3.59. The number of anilines is 1. The van der Waals surface area contributed by atoms with Crippen LogP contribution in [0.1, 0.15) is 36.5 Å². The molecule has 0 spiro atoms. The summed E-state index contributed by atoms with van der Waals surface area (Å²) in [6.07, 6.45) is 5.07. The maximum absolute atomic E-state index is 12.4. The second-order valence-electron chi connectivity index (χ2n) is 5.00. The predicted octanol–water partition coefficient (Wildman–Crippen LogP) is 3.04. The second kappa shape index (κ2) is 6.24. The number of nitrogens with one attached hydrogen (secondary N) is 1. The van der Waals surface area contributed by atoms with E-state index in [0.29, 0.717) is 22.3 Å². The van der Waals surface area contributed by atoms with Crippen LogP contribution in [-0.4, -0.2) is 35.9 Å². The first kappa shape index (κ1) is 14.1. The van der Waals surface area contributed by atoms with Gasteiger partial charge in [0.15, 0.2) is 0 Å². The van der Waals surface area contributed by atoms with Gasteiger partial charge in [0, 0.05) is 26.3 Å². The Morgan fingerprint density at radius 1 is 1.63 bits per heavy atom. The fraction of sp³-hybridized carbons (Fsp3) is 0.571. The molecule has 1 saturated heterocycles. The molecular weight excluding hydrogens is 262 g/mol. The Kier molecular flexibility index (Phi) is 4.64. The molecule has 0 aliphatic carbocycles. The maximum Gasteiger partial charge on any atom is 0.255 e. The number of nitrogens with zero attached hydrogens (tertiary/aromatic N) is 2. The maximum atomic E-state index is 12.4. The molecule has 19 heavy (non-hydrogen) atoms. The standard InChI is InChI=1S/C14H20ClN3O/c1-3-4-10-5-6-18(9-10)14(19)11-7-12(15)13(16-2)17-8-11/h7-8,10H,3-6,9H2,1-2H3,(H,16,17). The van der Waals surface area contributed by atoms with Crippen molar-refractivity contribution in [1.82, 2.24) is 9.88 Å². The van der Waals surface area contributed by atoms with E-state index in [2.05, 4.69) is 17.2 Å². The largest absolute Gasteiger partial charge is 0.372 e. The van der Waals surface area contributed by atoms with Crippen LogP contribution in [0, 0.1) is 5.92 Å². The summed E-state index contributed by atoms with van der Waals surface area (Å²) in [5.41, 5.74) is 0.571. The van der Waals surface area contributed by atoms with E-state index in [0.717, 1.165) is 19.5 Å². The van der Waals surface area contributed by atoms with Crippen molar-refractivity contribution in [2.24, 2.45) is 5.92 Å². The second-order valence-corrected chi connectivity index (χ2v) is 5.41. The highest BCUT2D eigenvalue weighted by Gasteiger charge is 2.26. The lowest BCUT2D eigenvalue weighted by Gasteiger charge is -2.16. The smallest absolute Gasteiger partial charge is 0.255 e. The number of rotatable bonds is 4. The average molecular weight is 282 g/mol. The molecule has 2 rings (SSSR count). The summed E-state index contributed by atoms with van der Waals surface area (Å²) >= 11 is 6.06. The minimum absolute atomic E-state index is 0.0376.